The van der Waals surface area contributed by atoms with Crippen molar-refractivity contribution in [3.05, 3.63) is 47.3 Å². The van der Waals surface area contributed by atoms with E-state index in [-0.39, 0.29) is 11.7 Å². The van der Waals surface area contributed by atoms with Gasteiger partial charge in [-0.3, -0.25) is 9.59 Å². The van der Waals surface area contributed by atoms with Gasteiger partial charge in [0.05, 0.1) is 6.54 Å². The molecule has 20 heavy (non-hydrogen) atoms. The van der Waals surface area contributed by atoms with Crippen LogP contribution in [0, 0.1) is 5.92 Å². The Morgan fingerprint density at radius 3 is 2.90 bits per heavy atom. The standard InChI is InChI=1S/C16H18N2O2/c17-16(20)11-9-13(12-5-1-2-7-15(12)19)14-6-3-4-8-18(14)10-11/h3-4,6,8-9,12H,1-2,5,7,10H2,(H2,17,20)/t12-/m1/s1. The topological polar surface area (TPSA) is 63.4 Å². The summed E-state index contributed by atoms with van der Waals surface area (Å²) in [6.45, 7) is 0.482. The number of allylic oxidation sites excluding steroid dienone is 5. The second-order valence-electron chi connectivity index (χ2n) is 5.47. The summed E-state index contributed by atoms with van der Waals surface area (Å²) in [5.74, 6) is -0.219. The first-order valence-corrected chi connectivity index (χ1v) is 7.05. The number of ketones is 1. The van der Waals surface area contributed by atoms with Gasteiger partial charge < -0.3 is 10.6 Å². The smallest absolute Gasteiger partial charge is 0.246 e. The molecule has 0 aromatic rings. The minimum Gasteiger partial charge on any atom is -0.366 e. The number of carbonyl (C=O) groups excluding carboxylic acids is 2. The van der Waals surface area contributed by atoms with E-state index in [0.29, 0.717) is 18.5 Å². The van der Waals surface area contributed by atoms with Gasteiger partial charge in [-0.05, 0) is 36.6 Å². The van der Waals surface area contributed by atoms with Crippen molar-refractivity contribution in [1.29, 1.82) is 0 Å². The molecule has 0 aromatic heterocycles. The lowest BCUT2D eigenvalue weighted by Crippen LogP contribution is -2.33. The van der Waals surface area contributed by atoms with E-state index in [9.17, 15) is 9.59 Å². The lowest BCUT2D eigenvalue weighted by atomic mass is 9.79. The Morgan fingerprint density at radius 1 is 1.30 bits per heavy atom. The van der Waals surface area contributed by atoms with Crippen molar-refractivity contribution in [2.75, 3.05) is 6.54 Å². The minimum absolute atomic E-state index is 0.0907. The van der Waals surface area contributed by atoms with Gasteiger partial charge in [0.15, 0.2) is 0 Å². The van der Waals surface area contributed by atoms with Crippen LogP contribution in [-0.2, 0) is 9.59 Å². The van der Waals surface area contributed by atoms with Gasteiger partial charge in [-0.15, -0.1) is 0 Å². The van der Waals surface area contributed by atoms with Crippen molar-refractivity contribution in [3.8, 4) is 0 Å². The normalized spacial score (nSPS) is 25.6. The van der Waals surface area contributed by atoms with Crippen LogP contribution >= 0.6 is 0 Å². The molecule has 4 nitrogen and oxygen atoms in total. The van der Waals surface area contributed by atoms with Gasteiger partial charge in [-0.2, -0.15) is 0 Å². The van der Waals surface area contributed by atoms with Crippen molar-refractivity contribution in [3.63, 3.8) is 0 Å². The third-order valence-corrected chi connectivity index (χ3v) is 4.15. The molecular formula is C16H18N2O2. The molecule has 0 unspecified atom stereocenters. The first-order valence-electron chi connectivity index (χ1n) is 7.05. The molecule has 0 saturated heterocycles. The average Bonchev–Trinajstić information content (AvgIpc) is 2.46. The molecule has 2 aliphatic heterocycles. The third-order valence-electron chi connectivity index (χ3n) is 4.15. The van der Waals surface area contributed by atoms with E-state index >= 15 is 0 Å². The van der Waals surface area contributed by atoms with Crippen LogP contribution in [0.25, 0.3) is 0 Å². The molecule has 0 radical (unpaired) electrons. The number of hydrogen-bond acceptors (Lipinski definition) is 3. The number of Topliss-reactive ketones (excluding diaryl/α,β-unsaturated/α-hetero) is 1. The number of hydrogen-bond donors (Lipinski definition) is 1. The number of primary amides is 1. The van der Waals surface area contributed by atoms with Crippen LogP contribution in [0.1, 0.15) is 25.7 Å². The highest BCUT2D eigenvalue weighted by Gasteiger charge is 2.31. The first-order chi connectivity index (χ1) is 9.66. The van der Waals surface area contributed by atoms with Crippen LogP contribution in [0.5, 0.6) is 0 Å². The molecule has 1 amide bonds. The summed E-state index contributed by atoms with van der Waals surface area (Å²) in [6, 6.07) is 0. The fourth-order valence-corrected chi connectivity index (χ4v) is 3.11. The van der Waals surface area contributed by atoms with E-state index in [2.05, 4.69) is 0 Å². The number of amides is 1. The molecule has 104 valence electrons. The predicted octanol–water partition coefficient (Wildman–Crippen LogP) is 1.81. The molecule has 1 fully saturated rings. The maximum absolute atomic E-state index is 12.2. The van der Waals surface area contributed by atoms with Crippen LogP contribution in [0.4, 0.5) is 0 Å². The summed E-state index contributed by atoms with van der Waals surface area (Å²) >= 11 is 0. The molecule has 4 heteroatoms. The summed E-state index contributed by atoms with van der Waals surface area (Å²) in [5, 5.41) is 0. The fourth-order valence-electron chi connectivity index (χ4n) is 3.11. The van der Waals surface area contributed by atoms with Crippen molar-refractivity contribution in [2.24, 2.45) is 11.7 Å². The Hall–Kier alpha value is -2.10. The molecule has 1 atom stereocenters. The zero-order valence-electron chi connectivity index (χ0n) is 11.3. The Morgan fingerprint density at radius 2 is 2.15 bits per heavy atom. The molecule has 1 aliphatic carbocycles. The molecule has 3 rings (SSSR count). The van der Waals surface area contributed by atoms with Gasteiger partial charge in [-0.25, -0.2) is 0 Å². The van der Waals surface area contributed by atoms with Crippen LogP contribution in [0.2, 0.25) is 0 Å². The highest BCUT2D eigenvalue weighted by atomic mass is 16.1. The summed E-state index contributed by atoms with van der Waals surface area (Å²) in [4.78, 5) is 25.7. The maximum Gasteiger partial charge on any atom is 0.246 e. The van der Waals surface area contributed by atoms with E-state index in [4.69, 9.17) is 5.73 Å². The van der Waals surface area contributed by atoms with E-state index in [0.717, 1.165) is 30.5 Å². The molecule has 2 N–H and O–H groups in total. The van der Waals surface area contributed by atoms with Crippen LogP contribution in [0.3, 0.4) is 0 Å². The van der Waals surface area contributed by atoms with Gasteiger partial charge in [0.2, 0.25) is 5.91 Å². The molecule has 0 aromatic carbocycles. The monoisotopic (exact) mass is 270 g/mol. The van der Waals surface area contributed by atoms with Crippen molar-refractivity contribution < 1.29 is 9.59 Å². The highest BCUT2D eigenvalue weighted by molar-refractivity contribution is 5.94. The third kappa shape index (κ3) is 2.22. The number of nitrogens with zero attached hydrogens (tertiary/aromatic N) is 1. The Bertz CT molecular complexity index is 581. The summed E-state index contributed by atoms with van der Waals surface area (Å²) in [6.07, 6.45) is 13.2. The maximum atomic E-state index is 12.2. The Balaban J connectivity index is 2.05. The van der Waals surface area contributed by atoms with Crippen LogP contribution < -0.4 is 5.73 Å². The zero-order chi connectivity index (χ0) is 14.1. The molecule has 1 saturated carbocycles. The van der Waals surface area contributed by atoms with Crippen LogP contribution in [-0.4, -0.2) is 23.1 Å². The zero-order valence-corrected chi connectivity index (χ0v) is 11.3. The summed E-state index contributed by atoms with van der Waals surface area (Å²) < 4.78 is 0. The van der Waals surface area contributed by atoms with Gasteiger partial charge in [0.25, 0.3) is 0 Å². The van der Waals surface area contributed by atoms with E-state index < -0.39 is 5.91 Å². The number of fused-ring (bicyclic) bond motifs is 1. The van der Waals surface area contributed by atoms with Crippen molar-refractivity contribution >= 4 is 11.7 Å². The summed E-state index contributed by atoms with van der Waals surface area (Å²) in [5.41, 5.74) is 7.98. The minimum atomic E-state index is -0.409. The lowest BCUT2D eigenvalue weighted by Gasteiger charge is -2.33. The highest BCUT2D eigenvalue weighted by Crippen LogP contribution is 2.35. The number of carbonyl (C=O) groups is 2. The van der Waals surface area contributed by atoms with Gasteiger partial charge in [0.1, 0.15) is 5.78 Å². The van der Waals surface area contributed by atoms with Gasteiger partial charge in [0, 0.05) is 29.8 Å². The fraction of sp³-hybridized carbons (Fsp3) is 0.375. The largest absolute Gasteiger partial charge is 0.366 e. The molecule has 2 heterocycles. The first kappa shape index (κ1) is 12.9. The van der Waals surface area contributed by atoms with Gasteiger partial charge >= 0.3 is 0 Å². The van der Waals surface area contributed by atoms with E-state index in [1.54, 1.807) is 0 Å². The second kappa shape index (κ2) is 5.12. The van der Waals surface area contributed by atoms with Crippen LogP contribution in [0.15, 0.2) is 47.3 Å². The van der Waals surface area contributed by atoms with E-state index in [1.165, 1.54) is 0 Å². The lowest BCUT2D eigenvalue weighted by molar-refractivity contribution is -0.123. The Labute approximate surface area is 118 Å². The molecule has 0 spiro atoms. The Kier molecular flexibility index (Phi) is 3.30. The van der Waals surface area contributed by atoms with Gasteiger partial charge in [-0.1, -0.05) is 12.5 Å². The van der Waals surface area contributed by atoms with E-state index in [1.807, 2.05) is 35.4 Å². The SMILES string of the molecule is NC(=O)C1=CC([C@H]2CCCCC2=O)=C2C=CC=CN2C1. The predicted molar refractivity (Wildman–Crippen MR) is 76.3 cm³/mol. The quantitative estimate of drug-likeness (QED) is 0.832. The molecule has 0 bridgehead atoms. The molecule has 3 aliphatic rings. The average molecular weight is 270 g/mol. The van der Waals surface area contributed by atoms with Crippen molar-refractivity contribution in [1.82, 2.24) is 4.90 Å². The molecular weight excluding hydrogens is 252 g/mol. The number of rotatable bonds is 2. The summed E-state index contributed by atoms with van der Waals surface area (Å²) in [7, 11) is 0. The van der Waals surface area contributed by atoms with Crippen molar-refractivity contribution in [2.45, 2.75) is 25.7 Å². The second-order valence-corrected chi connectivity index (χ2v) is 5.47. The number of nitrogens with two attached hydrogens (primary N) is 1.